The van der Waals surface area contributed by atoms with Gasteiger partial charge in [0.1, 0.15) is 0 Å². The Balaban J connectivity index is 1.95. The van der Waals surface area contributed by atoms with E-state index in [1.165, 1.54) is 6.07 Å². The molecule has 2 aromatic carbocycles. The van der Waals surface area contributed by atoms with Gasteiger partial charge in [-0.25, -0.2) is 0 Å². The van der Waals surface area contributed by atoms with Crippen molar-refractivity contribution in [2.45, 2.75) is 37.8 Å². The van der Waals surface area contributed by atoms with Crippen molar-refractivity contribution in [3.63, 3.8) is 0 Å². The van der Waals surface area contributed by atoms with Crippen LogP contribution in [-0.4, -0.2) is 51.1 Å². The van der Waals surface area contributed by atoms with Gasteiger partial charge in [0.25, 0.3) is 0 Å². The Hall–Kier alpha value is -2.93. The lowest BCUT2D eigenvalue weighted by molar-refractivity contribution is -0.336. The molecule has 0 aromatic heterocycles. The van der Waals surface area contributed by atoms with Crippen LogP contribution in [0.2, 0.25) is 0 Å². The number of fused-ring (bicyclic) bond motifs is 3. The van der Waals surface area contributed by atoms with Gasteiger partial charge in [-0.3, -0.25) is 4.28 Å². The summed E-state index contributed by atoms with van der Waals surface area (Å²) in [6.45, 7) is 5.26. The molecule has 202 valence electrons. The van der Waals surface area contributed by atoms with Crippen molar-refractivity contribution in [2.24, 2.45) is 5.16 Å². The summed E-state index contributed by atoms with van der Waals surface area (Å²) < 4.78 is 130. The molecule has 0 spiro atoms. The molecule has 0 radical (unpaired) electrons. The van der Waals surface area contributed by atoms with E-state index in [0.29, 0.717) is 16.7 Å². The van der Waals surface area contributed by atoms with Gasteiger partial charge >= 0.3 is 28.1 Å². The summed E-state index contributed by atoms with van der Waals surface area (Å²) in [6.07, 6.45) is -6.66. The predicted octanol–water partition coefficient (Wildman–Crippen LogP) is 6.12. The third-order valence-electron chi connectivity index (χ3n) is 5.39. The van der Waals surface area contributed by atoms with E-state index in [4.69, 9.17) is 4.74 Å². The fourth-order valence-corrected chi connectivity index (χ4v) is 4.36. The molecular formula is C24H22F7NO4S. The smallest absolute Gasteiger partial charge is 0.377 e. The number of halogens is 7. The number of ether oxygens (including phenoxy) is 1. The standard InChI is InChI=1S/C24H22F7NO4S/c1-15(2)14-35-10-5-11-37(33,34)36-32-21(22(25,26)23(27,28)24(29,30)31)17-8-9-20-18(13-17)12-16-6-3-4-7-19(16)20/h3-4,6-9,13H,1,5,10-12,14H2,2H3/b32-21-. The van der Waals surface area contributed by atoms with Crippen LogP contribution in [0.1, 0.15) is 30.0 Å². The van der Waals surface area contributed by atoms with Gasteiger partial charge in [-0.15, -0.1) is 0 Å². The summed E-state index contributed by atoms with van der Waals surface area (Å²) in [4.78, 5) is 0. The van der Waals surface area contributed by atoms with Crippen LogP contribution in [-0.2, 0) is 25.6 Å². The molecule has 0 amide bonds. The predicted molar refractivity (Wildman–Crippen MR) is 122 cm³/mol. The normalized spacial score (nSPS) is 14.3. The molecule has 0 bridgehead atoms. The number of benzene rings is 2. The van der Waals surface area contributed by atoms with Crippen molar-refractivity contribution in [3.8, 4) is 11.1 Å². The molecule has 5 nitrogen and oxygen atoms in total. The fourth-order valence-electron chi connectivity index (χ4n) is 3.63. The Morgan fingerprint density at radius 2 is 1.65 bits per heavy atom. The highest BCUT2D eigenvalue weighted by atomic mass is 32.2. The highest BCUT2D eigenvalue weighted by Crippen LogP contribution is 2.48. The molecule has 13 heteroatoms. The lowest BCUT2D eigenvalue weighted by atomic mass is 9.95. The molecule has 3 rings (SSSR count). The number of nitrogens with zero attached hydrogens (tertiary/aromatic N) is 1. The summed E-state index contributed by atoms with van der Waals surface area (Å²) in [7, 11) is -4.73. The van der Waals surface area contributed by atoms with Gasteiger partial charge in [0, 0.05) is 12.2 Å². The summed E-state index contributed by atoms with van der Waals surface area (Å²) in [6, 6.07) is 10.0. The fraction of sp³-hybridized carbons (Fsp3) is 0.375. The summed E-state index contributed by atoms with van der Waals surface area (Å²) in [5.74, 6) is -13.4. The lowest BCUT2D eigenvalue weighted by Gasteiger charge is -2.28. The Morgan fingerprint density at radius 3 is 2.30 bits per heavy atom. The van der Waals surface area contributed by atoms with E-state index in [-0.39, 0.29) is 26.1 Å². The molecule has 0 heterocycles. The number of hydrogen-bond acceptors (Lipinski definition) is 5. The van der Waals surface area contributed by atoms with Gasteiger partial charge in [-0.1, -0.05) is 53.7 Å². The lowest BCUT2D eigenvalue weighted by Crippen LogP contribution is -2.56. The number of oxime groups is 1. The zero-order chi connectivity index (χ0) is 27.6. The summed E-state index contributed by atoms with van der Waals surface area (Å²) >= 11 is 0. The molecule has 0 unspecified atom stereocenters. The van der Waals surface area contributed by atoms with E-state index < -0.39 is 45.2 Å². The Labute approximate surface area is 208 Å². The van der Waals surface area contributed by atoms with Crippen molar-refractivity contribution in [1.82, 2.24) is 0 Å². The van der Waals surface area contributed by atoms with E-state index in [1.54, 1.807) is 31.2 Å². The first-order valence-corrected chi connectivity index (χ1v) is 12.4. The number of alkyl halides is 7. The molecular weight excluding hydrogens is 531 g/mol. The van der Waals surface area contributed by atoms with Crippen LogP contribution in [0.15, 0.2) is 59.8 Å². The monoisotopic (exact) mass is 553 g/mol. The second-order valence-corrected chi connectivity index (χ2v) is 10.2. The molecule has 0 N–H and O–H groups in total. The van der Waals surface area contributed by atoms with E-state index in [2.05, 4.69) is 16.0 Å². The van der Waals surface area contributed by atoms with E-state index in [0.717, 1.165) is 23.3 Å². The minimum atomic E-state index is -6.66. The Kier molecular flexibility index (Phi) is 8.08. The maximum atomic E-state index is 14.8. The van der Waals surface area contributed by atoms with Gasteiger partial charge in [0.05, 0.1) is 12.4 Å². The molecule has 37 heavy (non-hydrogen) atoms. The second-order valence-electron chi connectivity index (χ2n) is 8.49. The molecule has 2 aromatic rings. The average Bonchev–Trinajstić information content (AvgIpc) is 3.15. The van der Waals surface area contributed by atoms with Crippen LogP contribution in [0.25, 0.3) is 11.1 Å². The first-order chi connectivity index (χ1) is 17.1. The van der Waals surface area contributed by atoms with Crippen molar-refractivity contribution in [3.05, 3.63) is 71.3 Å². The highest BCUT2D eigenvalue weighted by Gasteiger charge is 2.75. The van der Waals surface area contributed by atoms with Gasteiger partial charge in [0.15, 0.2) is 5.71 Å². The second kappa shape index (κ2) is 10.4. The topological polar surface area (TPSA) is 65.0 Å². The zero-order valence-electron chi connectivity index (χ0n) is 19.4. The molecule has 0 aliphatic heterocycles. The number of rotatable bonds is 11. The molecule has 0 fully saturated rings. The van der Waals surface area contributed by atoms with E-state index in [9.17, 15) is 39.2 Å². The third-order valence-corrected chi connectivity index (χ3v) is 6.48. The van der Waals surface area contributed by atoms with Crippen molar-refractivity contribution in [2.75, 3.05) is 19.0 Å². The summed E-state index contributed by atoms with van der Waals surface area (Å²) in [5, 5.41) is 2.66. The first kappa shape index (κ1) is 28.6. The maximum Gasteiger partial charge on any atom is 0.460 e. The minimum Gasteiger partial charge on any atom is -0.377 e. The summed E-state index contributed by atoms with van der Waals surface area (Å²) in [5.41, 5.74) is 0.0774. The first-order valence-electron chi connectivity index (χ1n) is 10.8. The van der Waals surface area contributed by atoms with Crippen molar-refractivity contribution >= 4 is 15.8 Å². The molecule has 0 saturated carbocycles. The van der Waals surface area contributed by atoms with Crippen LogP contribution in [0.5, 0.6) is 0 Å². The van der Waals surface area contributed by atoms with E-state index >= 15 is 0 Å². The third kappa shape index (κ3) is 6.15. The van der Waals surface area contributed by atoms with Gasteiger partial charge in [0.2, 0.25) is 0 Å². The van der Waals surface area contributed by atoms with Gasteiger partial charge in [-0.05, 0) is 48.1 Å². The van der Waals surface area contributed by atoms with E-state index in [1.807, 2.05) is 0 Å². The quantitative estimate of drug-likeness (QED) is 0.0943. The minimum absolute atomic E-state index is 0.0975. The van der Waals surface area contributed by atoms with Crippen molar-refractivity contribution < 1.29 is 48.2 Å². The Morgan fingerprint density at radius 1 is 1.00 bits per heavy atom. The van der Waals surface area contributed by atoms with Crippen LogP contribution in [0.4, 0.5) is 30.7 Å². The molecule has 1 aliphatic carbocycles. The molecule has 1 aliphatic rings. The zero-order valence-corrected chi connectivity index (χ0v) is 20.2. The van der Waals surface area contributed by atoms with Gasteiger partial charge in [-0.2, -0.15) is 39.2 Å². The van der Waals surface area contributed by atoms with Crippen LogP contribution in [0.3, 0.4) is 0 Å². The van der Waals surface area contributed by atoms with Crippen molar-refractivity contribution in [1.29, 1.82) is 0 Å². The average molecular weight is 553 g/mol. The van der Waals surface area contributed by atoms with Crippen LogP contribution >= 0.6 is 0 Å². The highest BCUT2D eigenvalue weighted by molar-refractivity contribution is 7.86. The molecule has 0 atom stereocenters. The maximum absolute atomic E-state index is 14.8. The van der Waals surface area contributed by atoms with Crippen LogP contribution in [0, 0.1) is 0 Å². The van der Waals surface area contributed by atoms with Gasteiger partial charge < -0.3 is 4.74 Å². The Bertz CT molecular complexity index is 1300. The largest absolute Gasteiger partial charge is 0.460 e. The molecule has 0 saturated heterocycles. The van der Waals surface area contributed by atoms with Crippen LogP contribution < -0.4 is 0 Å². The SMILES string of the molecule is C=C(C)COCCCS(=O)(=O)O/N=C(/c1ccc2c(c1)Cc1ccccc1-2)C(F)(F)C(F)(F)C(F)(F)F. The number of hydrogen-bond donors (Lipinski definition) is 0.